The lowest BCUT2D eigenvalue weighted by Gasteiger charge is -1.89. The number of nitrogens with zero attached hydrogens (tertiary/aromatic N) is 2. The summed E-state index contributed by atoms with van der Waals surface area (Å²) in [6.45, 7) is 0.508. The van der Waals surface area contributed by atoms with E-state index in [2.05, 4.69) is 15.3 Å². The molecule has 0 radical (unpaired) electrons. The van der Waals surface area contributed by atoms with E-state index >= 15 is 0 Å². The molecule has 1 aromatic heterocycles. The van der Waals surface area contributed by atoms with Gasteiger partial charge in [-0.25, -0.2) is 4.98 Å². The van der Waals surface area contributed by atoms with E-state index in [1.807, 2.05) is 0 Å². The van der Waals surface area contributed by atoms with E-state index in [1.54, 1.807) is 6.20 Å². The molecule has 4 heteroatoms. The van der Waals surface area contributed by atoms with E-state index < -0.39 is 0 Å². The summed E-state index contributed by atoms with van der Waals surface area (Å²) in [6, 6.07) is 0. The molecule has 0 fully saturated rings. The summed E-state index contributed by atoms with van der Waals surface area (Å²) in [4.78, 5) is 7.67. The van der Waals surface area contributed by atoms with Gasteiger partial charge in [0.1, 0.15) is 12.0 Å². The van der Waals surface area contributed by atoms with Gasteiger partial charge in [-0.2, -0.15) is 4.98 Å². The maximum absolute atomic E-state index is 5.04. The maximum Gasteiger partial charge on any atom is 0.242 e. The molecule has 0 unspecified atom stereocenters. The maximum atomic E-state index is 5.04. The van der Waals surface area contributed by atoms with Gasteiger partial charge in [0.05, 0.1) is 6.20 Å². The van der Waals surface area contributed by atoms with Crippen LogP contribution in [0.2, 0.25) is 0 Å². The topological polar surface area (TPSA) is 47.0 Å². The van der Waals surface area contributed by atoms with Gasteiger partial charge in [0.2, 0.25) is 5.88 Å². The van der Waals surface area contributed by atoms with Crippen LogP contribution >= 0.6 is 0 Å². The second kappa shape index (κ2) is 1.58. The molecule has 46 valence electrons. The average molecular weight is 123 g/mol. The first kappa shape index (κ1) is 4.55. The van der Waals surface area contributed by atoms with Crippen molar-refractivity contribution < 1.29 is 4.74 Å². The lowest BCUT2D eigenvalue weighted by Crippen LogP contribution is -1.96. The van der Waals surface area contributed by atoms with Crippen molar-refractivity contribution in [2.45, 2.75) is 0 Å². The summed E-state index contributed by atoms with van der Waals surface area (Å²) in [7, 11) is 0. The molecule has 1 aliphatic heterocycles. The van der Waals surface area contributed by atoms with E-state index in [0.29, 0.717) is 12.6 Å². The zero-order valence-corrected chi connectivity index (χ0v) is 4.66. The molecule has 1 N–H and O–H groups in total. The second-order valence-corrected chi connectivity index (χ2v) is 1.71. The molecule has 9 heavy (non-hydrogen) atoms. The van der Waals surface area contributed by atoms with Gasteiger partial charge in [0, 0.05) is 0 Å². The Balaban J connectivity index is 2.54. The number of anilines is 1. The fraction of sp³-hybridized carbons (Fsp3) is 0.200. The zero-order valence-electron chi connectivity index (χ0n) is 4.66. The molecule has 2 heterocycles. The Bertz CT molecular complexity index is 202. The van der Waals surface area contributed by atoms with E-state index in [1.165, 1.54) is 6.33 Å². The highest BCUT2D eigenvalue weighted by molar-refractivity contribution is 5.52. The lowest BCUT2D eigenvalue weighted by atomic mass is 10.5. The van der Waals surface area contributed by atoms with E-state index in [-0.39, 0.29) is 0 Å². The summed E-state index contributed by atoms with van der Waals surface area (Å²) in [5.74, 6) is 0.644. The Kier molecular flexibility index (Phi) is 0.798. The Labute approximate surface area is 51.9 Å². The molecule has 0 spiro atoms. The molecule has 4 nitrogen and oxygen atoms in total. The summed E-state index contributed by atoms with van der Waals surface area (Å²) >= 11 is 0. The predicted octanol–water partition coefficient (Wildman–Crippen LogP) is 0.238. The lowest BCUT2D eigenvalue weighted by molar-refractivity contribution is 0.359. The van der Waals surface area contributed by atoms with Crippen molar-refractivity contribution in [3.8, 4) is 5.88 Å². The van der Waals surface area contributed by atoms with Crippen LogP contribution < -0.4 is 10.1 Å². The van der Waals surface area contributed by atoms with Crippen LogP contribution in [0.25, 0.3) is 0 Å². The van der Waals surface area contributed by atoms with Gasteiger partial charge in [-0.05, 0) is 0 Å². The highest BCUT2D eigenvalue weighted by Crippen LogP contribution is 2.22. The minimum atomic E-state index is 0.508. The fourth-order valence-corrected chi connectivity index (χ4v) is 0.737. The van der Waals surface area contributed by atoms with Crippen LogP contribution in [0.4, 0.5) is 5.69 Å². The predicted molar refractivity (Wildman–Crippen MR) is 31.1 cm³/mol. The molecule has 0 saturated carbocycles. The largest absolute Gasteiger partial charge is 0.455 e. The fourth-order valence-electron chi connectivity index (χ4n) is 0.737. The Morgan fingerprint density at radius 2 is 2.67 bits per heavy atom. The SMILES string of the molecule is c1ncc2c(n1)OCN2. The first-order chi connectivity index (χ1) is 4.47. The average Bonchev–Trinajstić information content (AvgIpc) is 2.33. The van der Waals surface area contributed by atoms with Crippen LogP contribution in [-0.4, -0.2) is 16.7 Å². The van der Waals surface area contributed by atoms with Gasteiger partial charge in [0.25, 0.3) is 0 Å². The Morgan fingerprint density at radius 3 is 3.56 bits per heavy atom. The van der Waals surface area contributed by atoms with Crippen LogP contribution in [-0.2, 0) is 0 Å². The number of rotatable bonds is 0. The smallest absolute Gasteiger partial charge is 0.242 e. The van der Waals surface area contributed by atoms with Crippen molar-refractivity contribution in [3.63, 3.8) is 0 Å². The van der Waals surface area contributed by atoms with Crippen molar-refractivity contribution in [3.05, 3.63) is 12.5 Å². The van der Waals surface area contributed by atoms with Gasteiger partial charge in [0.15, 0.2) is 6.73 Å². The normalized spacial score (nSPS) is 13.8. The minimum Gasteiger partial charge on any atom is -0.455 e. The summed E-state index contributed by atoms with van der Waals surface area (Å²) in [5.41, 5.74) is 0.873. The molecule has 0 saturated heterocycles. The van der Waals surface area contributed by atoms with E-state index in [9.17, 15) is 0 Å². The molecule has 0 atom stereocenters. The molecular weight excluding hydrogens is 118 g/mol. The summed E-state index contributed by atoms with van der Waals surface area (Å²) in [5, 5.41) is 2.95. The Morgan fingerprint density at radius 1 is 1.67 bits per heavy atom. The van der Waals surface area contributed by atoms with E-state index in [4.69, 9.17) is 4.74 Å². The van der Waals surface area contributed by atoms with Crippen molar-refractivity contribution in [2.24, 2.45) is 0 Å². The van der Waals surface area contributed by atoms with Crippen LogP contribution in [0.1, 0.15) is 0 Å². The third kappa shape index (κ3) is 0.595. The van der Waals surface area contributed by atoms with Crippen molar-refractivity contribution in [1.29, 1.82) is 0 Å². The number of hydrogen-bond acceptors (Lipinski definition) is 4. The van der Waals surface area contributed by atoms with Crippen molar-refractivity contribution in [1.82, 2.24) is 9.97 Å². The number of hydrogen-bond donors (Lipinski definition) is 1. The van der Waals surface area contributed by atoms with Gasteiger partial charge in [-0.1, -0.05) is 0 Å². The molecule has 0 bridgehead atoms. The molecule has 1 aromatic rings. The number of nitrogens with one attached hydrogen (secondary N) is 1. The highest BCUT2D eigenvalue weighted by Gasteiger charge is 2.09. The molecule has 0 amide bonds. The molecule has 1 aliphatic rings. The van der Waals surface area contributed by atoms with Gasteiger partial charge in [-0.3, -0.25) is 0 Å². The van der Waals surface area contributed by atoms with E-state index in [0.717, 1.165) is 5.69 Å². The third-order valence-electron chi connectivity index (χ3n) is 1.15. The zero-order chi connectivity index (χ0) is 6.10. The monoisotopic (exact) mass is 123 g/mol. The summed E-state index contributed by atoms with van der Waals surface area (Å²) in [6.07, 6.45) is 3.15. The molecule has 0 aliphatic carbocycles. The molecule has 2 rings (SSSR count). The highest BCUT2D eigenvalue weighted by atomic mass is 16.5. The van der Waals surface area contributed by atoms with Crippen LogP contribution in [0.15, 0.2) is 12.5 Å². The standard InChI is InChI=1S/C5H5N3O/c1-4-5(7-2-6-1)9-3-8-4/h1-2,8H,3H2. The first-order valence-corrected chi connectivity index (χ1v) is 2.63. The first-order valence-electron chi connectivity index (χ1n) is 2.63. The van der Waals surface area contributed by atoms with Crippen molar-refractivity contribution >= 4 is 5.69 Å². The quantitative estimate of drug-likeness (QED) is 0.536. The minimum absolute atomic E-state index is 0.508. The number of fused-ring (bicyclic) bond motifs is 1. The number of ether oxygens (including phenoxy) is 1. The van der Waals surface area contributed by atoms with Crippen LogP contribution in [0, 0.1) is 0 Å². The van der Waals surface area contributed by atoms with Crippen LogP contribution in [0.3, 0.4) is 0 Å². The summed E-state index contributed by atoms with van der Waals surface area (Å²) < 4.78 is 5.04. The molecule has 0 aromatic carbocycles. The Hall–Kier alpha value is -1.32. The molecular formula is C5H5N3O. The van der Waals surface area contributed by atoms with Crippen LogP contribution in [0.5, 0.6) is 5.88 Å². The van der Waals surface area contributed by atoms with Gasteiger partial charge >= 0.3 is 0 Å². The second-order valence-electron chi connectivity index (χ2n) is 1.71. The van der Waals surface area contributed by atoms with Crippen molar-refractivity contribution in [2.75, 3.05) is 12.0 Å². The number of aromatic nitrogens is 2. The third-order valence-corrected chi connectivity index (χ3v) is 1.15. The van der Waals surface area contributed by atoms with Gasteiger partial charge in [-0.15, -0.1) is 0 Å². The van der Waals surface area contributed by atoms with Gasteiger partial charge < -0.3 is 10.1 Å².